The fourth-order valence-electron chi connectivity index (χ4n) is 1.58. The molecular weight excluding hydrogens is 290 g/mol. The Hall–Kier alpha value is -1.79. The van der Waals surface area contributed by atoms with E-state index < -0.39 is 0 Å². The van der Waals surface area contributed by atoms with Crippen LogP contribution in [0.25, 0.3) is 0 Å². The van der Waals surface area contributed by atoms with E-state index >= 15 is 0 Å². The summed E-state index contributed by atoms with van der Waals surface area (Å²) < 4.78 is 6.74. The van der Waals surface area contributed by atoms with Gasteiger partial charge in [0, 0.05) is 4.47 Å². The Morgan fingerprint density at radius 1 is 1.17 bits per heavy atom. The first-order chi connectivity index (χ1) is 8.69. The molecule has 0 aliphatic rings. The van der Waals surface area contributed by atoms with Crippen molar-refractivity contribution in [1.29, 1.82) is 5.26 Å². The molecule has 2 rings (SSSR count). The van der Waals surface area contributed by atoms with E-state index in [2.05, 4.69) is 22.0 Å². The van der Waals surface area contributed by atoms with Gasteiger partial charge in [-0.3, -0.25) is 0 Å². The van der Waals surface area contributed by atoms with Gasteiger partial charge in [0.15, 0.2) is 0 Å². The number of halogens is 1. The van der Waals surface area contributed by atoms with Crippen LogP contribution in [0.1, 0.15) is 16.7 Å². The Morgan fingerprint density at radius 3 is 2.56 bits per heavy atom. The molecule has 0 bridgehead atoms. The van der Waals surface area contributed by atoms with Crippen molar-refractivity contribution in [3.05, 3.63) is 63.6 Å². The summed E-state index contributed by atoms with van der Waals surface area (Å²) in [6.07, 6.45) is 0. The molecule has 2 nitrogen and oxygen atoms in total. The normalized spacial score (nSPS) is 9.83. The average molecular weight is 302 g/mol. The number of nitriles is 1. The van der Waals surface area contributed by atoms with Crippen LogP contribution in [0.4, 0.5) is 0 Å². The van der Waals surface area contributed by atoms with E-state index in [0.29, 0.717) is 17.9 Å². The van der Waals surface area contributed by atoms with Crippen LogP contribution in [0.15, 0.2) is 46.9 Å². The van der Waals surface area contributed by atoms with Gasteiger partial charge in [0.1, 0.15) is 18.4 Å². The molecule has 0 aliphatic heterocycles. The van der Waals surface area contributed by atoms with E-state index in [-0.39, 0.29) is 0 Å². The Morgan fingerprint density at radius 2 is 1.89 bits per heavy atom. The summed E-state index contributed by atoms with van der Waals surface area (Å²) in [5.74, 6) is 0.639. The van der Waals surface area contributed by atoms with E-state index in [1.807, 2.05) is 43.3 Å². The Bertz CT molecular complexity index is 584. The highest BCUT2D eigenvalue weighted by atomic mass is 79.9. The van der Waals surface area contributed by atoms with Crippen molar-refractivity contribution in [3.8, 4) is 11.8 Å². The minimum Gasteiger partial charge on any atom is -0.488 e. The smallest absolute Gasteiger partial charge is 0.137 e. The summed E-state index contributed by atoms with van der Waals surface area (Å²) >= 11 is 3.39. The molecule has 0 heterocycles. The van der Waals surface area contributed by atoms with Gasteiger partial charge in [-0.2, -0.15) is 5.26 Å². The van der Waals surface area contributed by atoms with E-state index in [4.69, 9.17) is 10.00 Å². The zero-order valence-corrected chi connectivity index (χ0v) is 11.6. The summed E-state index contributed by atoms with van der Waals surface area (Å²) in [7, 11) is 0. The van der Waals surface area contributed by atoms with Crippen LogP contribution in [-0.4, -0.2) is 0 Å². The molecule has 18 heavy (non-hydrogen) atoms. The van der Waals surface area contributed by atoms with Crippen molar-refractivity contribution in [2.75, 3.05) is 0 Å². The van der Waals surface area contributed by atoms with Crippen LogP contribution in [0, 0.1) is 18.3 Å². The maximum absolute atomic E-state index is 9.01. The molecule has 0 fully saturated rings. The summed E-state index contributed by atoms with van der Waals surface area (Å²) in [6, 6.07) is 15.6. The van der Waals surface area contributed by atoms with Crippen molar-refractivity contribution in [2.24, 2.45) is 0 Å². The van der Waals surface area contributed by atoms with Gasteiger partial charge in [0.05, 0.1) is 5.56 Å². The number of hydrogen-bond acceptors (Lipinski definition) is 2. The molecule has 3 heteroatoms. The van der Waals surface area contributed by atoms with Gasteiger partial charge in [-0.1, -0.05) is 34.1 Å². The predicted octanol–water partition coefficient (Wildman–Crippen LogP) is 4.21. The summed E-state index contributed by atoms with van der Waals surface area (Å²) in [4.78, 5) is 0. The van der Waals surface area contributed by atoms with Crippen molar-refractivity contribution in [3.63, 3.8) is 0 Å². The maximum atomic E-state index is 9.01. The van der Waals surface area contributed by atoms with E-state index in [1.165, 1.54) is 0 Å². The first kappa shape index (κ1) is 12.7. The summed E-state index contributed by atoms with van der Waals surface area (Å²) in [6.45, 7) is 2.44. The molecule has 0 atom stereocenters. The van der Waals surface area contributed by atoms with Crippen LogP contribution in [-0.2, 0) is 6.61 Å². The molecule has 2 aromatic carbocycles. The monoisotopic (exact) mass is 301 g/mol. The number of nitrogens with zero attached hydrogens (tertiary/aromatic N) is 1. The first-order valence-electron chi connectivity index (χ1n) is 5.57. The molecule has 0 aliphatic carbocycles. The number of aryl methyl sites for hydroxylation is 1. The second-order valence-corrected chi connectivity index (χ2v) is 4.94. The van der Waals surface area contributed by atoms with Crippen LogP contribution < -0.4 is 4.74 Å². The van der Waals surface area contributed by atoms with Crippen LogP contribution >= 0.6 is 15.9 Å². The molecule has 0 amide bonds. The Kier molecular flexibility index (Phi) is 4.01. The van der Waals surface area contributed by atoms with Gasteiger partial charge in [-0.05, 0) is 42.3 Å². The lowest BCUT2D eigenvalue weighted by Gasteiger charge is -2.08. The molecule has 0 N–H and O–H groups in total. The molecule has 2 aromatic rings. The fraction of sp³-hybridized carbons (Fsp3) is 0.133. The van der Waals surface area contributed by atoms with Gasteiger partial charge >= 0.3 is 0 Å². The second kappa shape index (κ2) is 5.70. The van der Waals surface area contributed by atoms with E-state index in [9.17, 15) is 0 Å². The second-order valence-electron chi connectivity index (χ2n) is 4.03. The number of hydrogen-bond donors (Lipinski definition) is 0. The SMILES string of the molecule is Cc1ccc(C#N)c(OCc2ccc(Br)cc2)c1. The van der Waals surface area contributed by atoms with Crippen LogP contribution in [0.5, 0.6) is 5.75 Å². The van der Waals surface area contributed by atoms with Gasteiger partial charge in [-0.15, -0.1) is 0 Å². The molecule has 0 aromatic heterocycles. The quantitative estimate of drug-likeness (QED) is 0.851. The molecular formula is C15H12BrNO. The van der Waals surface area contributed by atoms with Gasteiger partial charge in [-0.25, -0.2) is 0 Å². The lowest BCUT2D eigenvalue weighted by Crippen LogP contribution is -1.97. The molecule has 0 radical (unpaired) electrons. The topological polar surface area (TPSA) is 33.0 Å². The lowest BCUT2D eigenvalue weighted by molar-refractivity contribution is 0.305. The molecule has 90 valence electrons. The van der Waals surface area contributed by atoms with Crippen molar-refractivity contribution in [2.45, 2.75) is 13.5 Å². The van der Waals surface area contributed by atoms with Gasteiger partial charge in [0.25, 0.3) is 0 Å². The van der Waals surface area contributed by atoms with Gasteiger partial charge in [0.2, 0.25) is 0 Å². The lowest BCUT2D eigenvalue weighted by atomic mass is 10.1. The largest absolute Gasteiger partial charge is 0.488 e. The highest BCUT2D eigenvalue weighted by Crippen LogP contribution is 2.21. The zero-order chi connectivity index (χ0) is 13.0. The molecule has 0 spiro atoms. The highest BCUT2D eigenvalue weighted by molar-refractivity contribution is 9.10. The van der Waals surface area contributed by atoms with E-state index in [1.54, 1.807) is 6.07 Å². The third-order valence-corrected chi connectivity index (χ3v) is 3.09. The first-order valence-corrected chi connectivity index (χ1v) is 6.36. The zero-order valence-electron chi connectivity index (χ0n) is 9.98. The Balaban J connectivity index is 2.13. The van der Waals surface area contributed by atoms with Crippen molar-refractivity contribution in [1.82, 2.24) is 0 Å². The fourth-order valence-corrected chi connectivity index (χ4v) is 1.85. The third-order valence-electron chi connectivity index (χ3n) is 2.57. The number of benzene rings is 2. The Labute approximate surface area is 115 Å². The average Bonchev–Trinajstić information content (AvgIpc) is 2.38. The predicted molar refractivity (Wildman–Crippen MR) is 74.4 cm³/mol. The minimum atomic E-state index is 0.464. The highest BCUT2D eigenvalue weighted by Gasteiger charge is 2.03. The van der Waals surface area contributed by atoms with Crippen LogP contribution in [0.3, 0.4) is 0 Å². The molecule has 0 unspecified atom stereocenters. The molecule has 0 saturated carbocycles. The number of rotatable bonds is 3. The van der Waals surface area contributed by atoms with Gasteiger partial charge < -0.3 is 4.74 Å². The van der Waals surface area contributed by atoms with Crippen molar-refractivity contribution >= 4 is 15.9 Å². The summed E-state index contributed by atoms with van der Waals surface area (Å²) in [5.41, 5.74) is 2.72. The van der Waals surface area contributed by atoms with E-state index in [0.717, 1.165) is 15.6 Å². The standard InChI is InChI=1S/C15H12BrNO/c1-11-2-5-13(9-17)15(8-11)18-10-12-3-6-14(16)7-4-12/h2-8H,10H2,1H3. The van der Waals surface area contributed by atoms with Crippen LogP contribution in [0.2, 0.25) is 0 Å². The maximum Gasteiger partial charge on any atom is 0.137 e. The molecule has 0 saturated heterocycles. The number of ether oxygens (including phenoxy) is 1. The van der Waals surface area contributed by atoms with Crippen molar-refractivity contribution < 1.29 is 4.74 Å². The minimum absolute atomic E-state index is 0.464. The summed E-state index contributed by atoms with van der Waals surface area (Å²) in [5, 5.41) is 9.01. The third kappa shape index (κ3) is 3.12.